The van der Waals surface area contributed by atoms with Gasteiger partial charge in [0.05, 0.1) is 4.90 Å². The number of nitrogen functional groups attached to an aromatic ring is 1. The minimum Gasteiger partial charge on any atom is -0.440 e. The van der Waals surface area contributed by atoms with E-state index in [1.807, 2.05) is 0 Å². The van der Waals surface area contributed by atoms with Crippen LogP contribution in [0.4, 0.5) is 5.69 Å². The summed E-state index contributed by atoms with van der Waals surface area (Å²) in [6, 6.07) is 11.5. The molecule has 0 atom stereocenters. The van der Waals surface area contributed by atoms with Gasteiger partial charge >= 0.3 is 0 Å². The zero-order chi connectivity index (χ0) is 15.0. The molecule has 0 saturated carbocycles. The second-order valence-corrected chi connectivity index (χ2v) is 7.46. The van der Waals surface area contributed by atoms with Gasteiger partial charge in [0.15, 0.2) is 15.4 Å². The highest BCUT2D eigenvalue weighted by Crippen LogP contribution is 2.23. The molecule has 0 unspecified atom stereocenters. The number of sulfone groups is 1. The van der Waals surface area contributed by atoms with Gasteiger partial charge in [-0.1, -0.05) is 22.0 Å². The lowest BCUT2D eigenvalue weighted by Gasteiger charge is -2.02. The summed E-state index contributed by atoms with van der Waals surface area (Å²) >= 11 is 3.26. The van der Waals surface area contributed by atoms with Crippen molar-refractivity contribution in [2.45, 2.75) is 10.6 Å². The summed E-state index contributed by atoms with van der Waals surface area (Å²) in [4.78, 5) is 4.39. The predicted molar refractivity (Wildman–Crippen MR) is 83.5 cm³/mol. The molecule has 1 heterocycles. The molecule has 3 rings (SSSR count). The number of rotatable bonds is 3. The van der Waals surface area contributed by atoms with Gasteiger partial charge in [-0.05, 0) is 36.4 Å². The highest BCUT2D eigenvalue weighted by Gasteiger charge is 2.19. The zero-order valence-corrected chi connectivity index (χ0v) is 13.2. The summed E-state index contributed by atoms with van der Waals surface area (Å²) in [7, 11) is -3.51. The third-order valence-corrected chi connectivity index (χ3v) is 5.02. The van der Waals surface area contributed by atoms with Gasteiger partial charge in [0.25, 0.3) is 0 Å². The van der Waals surface area contributed by atoms with Crippen molar-refractivity contribution in [2.75, 3.05) is 5.73 Å². The third-order valence-electron chi connectivity index (χ3n) is 2.92. The van der Waals surface area contributed by atoms with Gasteiger partial charge in [-0.2, -0.15) is 0 Å². The van der Waals surface area contributed by atoms with Gasteiger partial charge < -0.3 is 10.2 Å². The third kappa shape index (κ3) is 2.93. The van der Waals surface area contributed by atoms with Crippen LogP contribution in [0.25, 0.3) is 11.1 Å². The molecule has 0 radical (unpaired) electrons. The maximum absolute atomic E-state index is 12.4. The van der Waals surface area contributed by atoms with Crippen LogP contribution in [0.15, 0.2) is 56.2 Å². The van der Waals surface area contributed by atoms with Crippen LogP contribution in [0.3, 0.4) is 0 Å². The van der Waals surface area contributed by atoms with E-state index in [-0.39, 0.29) is 16.5 Å². The molecule has 0 aliphatic heterocycles. The second-order valence-electron chi connectivity index (χ2n) is 4.55. The molecule has 2 N–H and O–H groups in total. The van der Waals surface area contributed by atoms with Crippen LogP contribution in [0.5, 0.6) is 0 Å². The highest BCUT2D eigenvalue weighted by atomic mass is 79.9. The van der Waals surface area contributed by atoms with Crippen LogP contribution >= 0.6 is 15.9 Å². The van der Waals surface area contributed by atoms with Crippen molar-refractivity contribution in [3.63, 3.8) is 0 Å². The normalized spacial score (nSPS) is 11.9. The lowest BCUT2D eigenvalue weighted by atomic mass is 10.3. The van der Waals surface area contributed by atoms with Gasteiger partial charge in [0.2, 0.25) is 5.89 Å². The molecule has 1 aromatic heterocycles. The summed E-state index contributed by atoms with van der Waals surface area (Å²) in [5.41, 5.74) is 7.28. The Morgan fingerprint density at radius 2 is 2.00 bits per heavy atom. The Bertz CT molecular complexity index is 919. The van der Waals surface area contributed by atoms with E-state index >= 15 is 0 Å². The number of anilines is 1. The first-order chi connectivity index (χ1) is 9.94. The van der Waals surface area contributed by atoms with E-state index in [4.69, 9.17) is 10.2 Å². The molecular formula is C14H11BrN2O3S. The van der Waals surface area contributed by atoms with Gasteiger partial charge in [0, 0.05) is 10.2 Å². The largest absolute Gasteiger partial charge is 0.440 e. The lowest BCUT2D eigenvalue weighted by Crippen LogP contribution is -2.05. The number of nitrogens with zero attached hydrogens (tertiary/aromatic N) is 1. The minimum atomic E-state index is -3.51. The van der Waals surface area contributed by atoms with Crippen LogP contribution < -0.4 is 5.73 Å². The van der Waals surface area contributed by atoms with Crippen LogP contribution in [-0.4, -0.2) is 13.4 Å². The number of aromatic nitrogens is 1. The number of hydrogen-bond acceptors (Lipinski definition) is 5. The summed E-state index contributed by atoms with van der Waals surface area (Å²) in [5.74, 6) is -0.145. The molecule has 21 heavy (non-hydrogen) atoms. The van der Waals surface area contributed by atoms with Crippen LogP contribution in [0, 0.1) is 0 Å². The Labute approximate surface area is 129 Å². The number of hydrogen-bond donors (Lipinski definition) is 1. The van der Waals surface area contributed by atoms with Gasteiger partial charge in [-0.25, -0.2) is 13.4 Å². The summed E-state index contributed by atoms with van der Waals surface area (Å²) < 4.78 is 30.9. The maximum atomic E-state index is 12.4. The Balaban J connectivity index is 1.97. The van der Waals surface area contributed by atoms with Crippen molar-refractivity contribution in [1.82, 2.24) is 4.98 Å². The van der Waals surface area contributed by atoms with Crippen molar-refractivity contribution >= 4 is 42.6 Å². The summed E-state index contributed by atoms with van der Waals surface area (Å²) in [5, 5.41) is 0. The Morgan fingerprint density at radius 1 is 1.19 bits per heavy atom. The van der Waals surface area contributed by atoms with Gasteiger partial charge in [-0.15, -0.1) is 0 Å². The van der Waals surface area contributed by atoms with Crippen LogP contribution in [0.2, 0.25) is 0 Å². The maximum Gasteiger partial charge on any atom is 0.211 e. The smallest absolute Gasteiger partial charge is 0.211 e. The molecule has 0 bridgehead atoms. The topological polar surface area (TPSA) is 86.2 Å². The van der Waals surface area contributed by atoms with E-state index in [2.05, 4.69) is 20.9 Å². The first-order valence-corrected chi connectivity index (χ1v) is 8.52. The number of halogens is 1. The Morgan fingerprint density at radius 3 is 2.76 bits per heavy atom. The zero-order valence-electron chi connectivity index (χ0n) is 10.8. The van der Waals surface area contributed by atoms with Crippen molar-refractivity contribution in [2.24, 2.45) is 0 Å². The van der Waals surface area contributed by atoms with Gasteiger partial charge in [-0.3, -0.25) is 0 Å². The average Bonchev–Trinajstić information content (AvgIpc) is 2.79. The van der Waals surface area contributed by atoms with Crippen molar-refractivity contribution in [3.05, 3.63) is 52.8 Å². The minimum absolute atomic E-state index is 0.149. The number of benzene rings is 2. The molecule has 7 heteroatoms. The fourth-order valence-electron chi connectivity index (χ4n) is 1.96. The fraction of sp³-hybridized carbons (Fsp3) is 0.0714. The van der Waals surface area contributed by atoms with Gasteiger partial charge in [0.1, 0.15) is 11.3 Å². The number of nitrogens with two attached hydrogens (primary N) is 1. The molecule has 0 spiro atoms. The molecule has 0 aliphatic carbocycles. The van der Waals surface area contributed by atoms with E-state index in [1.165, 1.54) is 0 Å². The molecule has 2 aromatic carbocycles. The van der Waals surface area contributed by atoms with Crippen molar-refractivity contribution in [3.8, 4) is 0 Å². The Kier molecular flexibility index (Phi) is 3.46. The lowest BCUT2D eigenvalue weighted by molar-refractivity contribution is 0.540. The van der Waals surface area contributed by atoms with E-state index in [0.29, 0.717) is 21.3 Å². The standard InChI is InChI=1S/C14H11BrN2O3S/c15-9-2-1-3-11(6-9)21(18,19)8-14-17-12-7-10(16)4-5-13(12)20-14/h1-7H,8,16H2. The van der Waals surface area contributed by atoms with E-state index in [1.54, 1.807) is 42.5 Å². The monoisotopic (exact) mass is 366 g/mol. The molecule has 3 aromatic rings. The molecule has 0 aliphatic rings. The molecular weight excluding hydrogens is 356 g/mol. The first kappa shape index (κ1) is 14.1. The SMILES string of the molecule is Nc1ccc2oc(CS(=O)(=O)c3cccc(Br)c3)nc2c1. The van der Waals surface area contributed by atoms with E-state index < -0.39 is 9.84 Å². The van der Waals surface area contributed by atoms with E-state index in [0.717, 1.165) is 0 Å². The van der Waals surface area contributed by atoms with E-state index in [9.17, 15) is 8.42 Å². The molecule has 0 amide bonds. The first-order valence-electron chi connectivity index (χ1n) is 6.07. The van der Waals surface area contributed by atoms with Crippen LogP contribution in [-0.2, 0) is 15.6 Å². The second kappa shape index (κ2) is 5.16. The molecule has 0 saturated heterocycles. The molecule has 5 nitrogen and oxygen atoms in total. The fourth-order valence-corrected chi connectivity index (χ4v) is 3.72. The average molecular weight is 367 g/mol. The number of fused-ring (bicyclic) bond motifs is 1. The van der Waals surface area contributed by atoms with Crippen LogP contribution in [0.1, 0.15) is 5.89 Å². The quantitative estimate of drug-likeness (QED) is 0.719. The summed E-state index contributed by atoms with van der Waals surface area (Å²) in [6.45, 7) is 0. The van der Waals surface area contributed by atoms with Crippen molar-refractivity contribution < 1.29 is 12.8 Å². The number of oxazole rings is 1. The van der Waals surface area contributed by atoms with Crippen molar-refractivity contribution in [1.29, 1.82) is 0 Å². The molecule has 0 fully saturated rings. The predicted octanol–water partition coefficient (Wildman–Crippen LogP) is 3.15. The Hall–Kier alpha value is -1.86. The molecule has 108 valence electrons. The highest BCUT2D eigenvalue weighted by molar-refractivity contribution is 9.10. The summed E-state index contributed by atoms with van der Waals surface area (Å²) in [6.07, 6.45) is 0.